The SMILES string of the molecule is CCOC.Fc1cccc(Cl)c1.O=CC1=C(CN2CCOC(CSCC(=O)O)C2)NC(c2nccs2)=NC1. The highest BCUT2D eigenvalue weighted by molar-refractivity contribution is 7.99. The van der Waals surface area contributed by atoms with E-state index >= 15 is 0 Å². The number of aldehydes is 1. The van der Waals surface area contributed by atoms with Crippen molar-refractivity contribution in [2.45, 2.75) is 13.0 Å². The molecule has 1 atom stereocenters. The van der Waals surface area contributed by atoms with Gasteiger partial charge in [0.2, 0.25) is 0 Å². The minimum atomic E-state index is -0.816. The van der Waals surface area contributed by atoms with E-state index in [1.165, 1.54) is 35.2 Å². The average molecular weight is 587 g/mol. The first-order chi connectivity index (χ1) is 18.4. The fourth-order valence-electron chi connectivity index (χ4n) is 3.22. The van der Waals surface area contributed by atoms with Crippen LogP contribution in [0.25, 0.3) is 0 Å². The van der Waals surface area contributed by atoms with E-state index in [1.54, 1.807) is 25.4 Å². The summed E-state index contributed by atoms with van der Waals surface area (Å²) in [6, 6.07) is 5.82. The standard InChI is InChI=1S/C16H20N4O4S2.C6H4ClF.C3H8O/c21-8-11-5-18-15(16-17-1-4-26-16)19-13(11)7-20-2-3-24-12(6-20)9-25-10-14(22)23;7-5-2-1-3-6(8)4-5;1-3-4-2/h1,4,8,12H,2-3,5-7,9-10H2,(H,18,19)(H,22,23);1-4H;3H2,1-2H3. The molecule has 2 aromatic rings. The normalized spacial score (nSPS) is 17.3. The lowest BCUT2D eigenvalue weighted by Gasteiger charge is -2.34. The molecule has 13 heteroatoms. The van der Waals surface area contributed by atoms with Crippen LogP contribution in [0.15, 0.2) is 52.1 Å². The number of aliphatic imine (C=N–C) groups is 1. The van der Waals surface area contributed by atoms with Gasteiger partial charge in [-0.3, -0.25) is 19.5 Å². The van der Waals surface area contributed by atoms with Crippen LogP contribution in [0, 0.1) is 5.82 Å². The Morgan fingerprint density at radius 1 is 1.47 bits per heavy atom. The van der Waals surface area contributed by atoms with Gasteiger partial charge in [-0.15, -0.1) is 23.1 Å². The van der Waals surface area contributed by atoms with E-state index in [-0.39, 0.29) is 17.7 Å². The number of ether oxygens (including phenoxy) is 2. The van der Waals surface area contributed by atoms with Crippen molar-refractivity contribution in [1.29, 1.82) is 0 Å². The number of nitrogens with one attached hydrogen (secondary N) is 1. The molecule has 208 valence electrons. The van der Waals surface area contributed by atoms with Crippen LogP contribution in [-0.4, -0.2) is 97.2 Å². The Labute approximate surface area is 235 Å². The van der Waals surface area contributed by atoms with Crippen LogP contribution < -0.4 is 5.32 Å². The molecule has 2 aliphatic heterocycles. The first-order valence-electron chi connectivity index (χ1n) is 11.8. The van der Waals surface area contributed by atoms with Gasteiger partial charge in [-0.25, -0.2) is 9.37 Å². The molecule has 2 aliphatic rings. The molecule has 38 heavy (non-hydrogen) atoms. The van der Waals surface area contributed by atoms with Gasteiger partial charge >= 0.3 is 5.97 Å². The molecule has 0 bridgehead atoms. The van der Waals surface area contributed by atoms with Crippen LogP contribution in [0.5, 0.6) is 0 Å². The molecule has 0 radical (unpaired) electrons. The first kappa shape index (κ1) is 31.9. The molecule has 1 fully saturated rings. The molecular formula is C25H32ClFN4O5S2. The number of hydrogen-bond acceptors (Lipinski definition) is 10. The molecule has 0 amide bonds. The molecule has 0 saturated carbocycles. The lowest BCUT2D eigenvalue weighted by Crippen LogP contribution is -2.46. The third-order valence-corrected chi connectivity index (χ3v) is 7.12. The van der Waals surface area contributed by atoms with E-state index in [4.69, 9.17) is 21.4 Å². The number of amidine groups is 1. The largest absolute Gasteiger partial charge is 0.481 e. The Morgan fingerprint density at radius 3 is 2.84 bits per heavy atom. The molecule has 4 rings (SSSR count). The van der Waals surface area contributed by atoms with Crippen LogP contribution >= 0.6 is 34.7 Å². The molecule has 1 saturated heterocycles. The highest BCUT2D eigenvalue weighted by Crippen LogP contribution is 2.16. The summed E-state index contributed by atoms with van der Waals surface area (Å²) in [5.74, 6) is 0.306. The fourth-order valence-corrected chi connectivity index (χ4v) is 4.75. The molecule has 0 aliphatic carbocycles. The number of halogens is 2. The zero-order chi connectivity index (χ0) is 27.8. The Bertz CT molecular complexity index is 1050. The number of aromatic nitrogens is 1. The summed E-state index contributed by atoms with van der Waals surface area (Å²) in [5, 5.41) is 15.1. The Morgan fingerprint density at radius 2 is 2.26 bits per heavy atom. The number of aliphatic carboxylic acids is 1. The predicted molar refractivity (Wildman–Crippen MR) is 150 cm³/mol. The Kier molecular flexibility index (Phi) is 15.1. The van der Waals surface area contributed by atoms with Gasteiger partial charge in [0.05, 0.1) is 25.0 Å². The van der Waals surface area contributed by atoms with Crippen LogP contribution in [0.3, 0.4) is 0 Å². The van der Waals surface area contributed by atoms with E-state index in [9.17, 15) is 14.0 Å². The van der Waals surface area contributed by atoms with Gasteiger partial charge in [-0.1, -0.05) is 17.7 Å². The number of carbonyl (C=O) groups excluding carboxylic acids is 1. The number of carboxylic acid groups (broad SMARTS) is 1. The molecule has 1 unspecified atom stereocenters. The lowest BCUT2D eigenvalue weighted by atomic mass is 10.1. The summed E-state index contributed by atoms with van der Waals surface area (Å²) < 4.78 is 22.3. The van der Waals surface area contributed by atoms with E-state index in [2.05, 4.69) is 24.9 Å². The topological polar surface area (TPSA) is 113 Å². The van der Waals surface area contributed by atoms with Gasteiger partial charge in [0.1, 0.15) is 12.1 Å². The fraction of sp³-hybridized carbons (Fsp3) is 0.440. The van der Waals surface area contributed by atoms with Crippen LogP contribution in [0.2, 0.25) is 5.02 Å². The molecule has 9 nitrogen and oxygen atoms in total. The molecule has 3 heterocycles. The van der Waals surface area contributed by atoms with Gasteiger partial charge < -0.3 is 19.9 Å². The molecule has 2 N–H and O–H groups in total. The van der Waals surface area contributed by atoms with Gasteiger partial charge in [-0.2, -0.15) is 0 Å². The minimum absolute atomic E-state index is 0.0101. The maximum Gasteiger partial charge on any atom is 0.313 e. The predicted octanol–water partition coefficient (Wildman–Crippen LogP) is 3.60. The van der Waals surface area contributed by atoms with Gasteiger partial charge in [-0.05, 0) is 25.1 Å². The van der Waals surface area contributed by atoms with Crippen molar-refractivity contribution in [2.24, 2.45) is 4.99 Å². The molecular weight excluding hydrogens is 555 g/mol. The van der Waals surface area contributed by atoms with Gasteiger partial charge in [0.15, 0.2) is 10.8 Å². The number of thioether (sulfide) groups is 1. The monoisotopic (exact) mass is 586 g/mol. The van der Waals surface area contributed by atoms with Crippen molar-refractivity contribution in [1.82, 2.24) is 15.2 Å². The summed E-state index contributed by atoms with van der Waals surface area (Å²) in [5.41, 5.74) is 1.49. The molecule has 1 aromatic heterocycles. The number of morpholine rings is 1. The summed E-state index contributed by atoms with van der Waals surface area (Å²) >= 11 is 8.26. The summed E-state index contributed by atoms with van der Waals surface area (Å²) in [4.78, 5) is 32.9. The number of benzene rings is 1. The Hall–Kier alpha value is -2.35. The second-order valence-electron chi connectivity index (χ2n) is 7.90. The van der Waals surface area contributed by atoms with Crippen molar-refractivity contribution in [2.75, 3.05) is 58.0 Å². The van der Waals surface area contributed by atoms with Crippen molar-refractivity contribution < 1.29 is 28.6 Å². The van der Waals surface area contributed by atoms with Crippen molar-refractivity contribution in [3.63, 3.8) is 0 Å². The molecule has 0 spiro atoms. The highest BCUT2D eigenvalue weighted by Gasteiger charge is 2.24. The maximum atomic E-state index is 12.1. The Balaban J connectivity index is 0.000000349. The number of hydrogen-bond donors (Lipinski definition) is 2. The van der Waals surface area contributed by atoms with E-state index in [0.717, 1.165) is 30.1 Å². The zero-order valence-electron chi connectivity index (χ0n) is 21.3. The van der Waals surface area contributed by atoms with Crippen LogP contribution in [0.4, 0.5) is 4.39 Å². The number of carbonyl (C=O) groups is 2. The number of carboxylic acids is 1. The number of thiazole rings is 1. The summed E-state index contributed by atoms with van der Waals surface area (Å²) in [7, 11) is 1.68. The van der Waals surface area contributed by atoms with Crippen LogP contribution in [-0.2, 0) is 19.1 Å². The molecule has 1 aromatic carbocycles. The number of methoxy groups -OCH3 is 1. The smallest absolute Gasteiger partial charge is 0.313 e. The van der Waals surface area contributed by atoms with Crippen molar-refractivity contribution >= 4 is 52.8 Å². The van der Waals surface area contributed by atoms with Gasteiger partial charge in [0, 0.05) is 67.0 Å². The van der Waals surface area contributed by atoms with Gasteiger partial charge in [0.25, 0.3) is 0 Å². The highest BCUT2D eigenvalue weighted by atomic mass is 35.5. The minimum Gasteiger partial charge on any atom is -0.481 e. The van der Waals surface area contributed by atoms with E-state index in [0.29, 0.717) is 48.4 Å². The maximum absolute atomic E-state index is 12.1. The summed E-state index contributed by atoms with van der Waals surface area (Å²) in [6.45, 7) is 5.79. The van der Waals surface area contributed by atoms with Crippen LogP contribution in [0.1, 0.15) is 11.9 Å². The first-order valence-corrected chi connectivity index (χ1v) is 14.2. The van der Waals surface area contributed by atoms with E-state index in [1.807, 2.05) is 12.3 Å². The lowest BCUT2D eigenvalue weighted by molar-refractivity contribution is -0.133. The van der Waals surface area contributed by atoms with E-state index < -0.39 is 5.97 Å². The zero-order valence-corrected chi connectivity index (χ0v) is 23.7. The second-order valence-corrected chi connectivity index (χ2v) is 10.3. The number of nitrogens with zero attached hydrogens (tertiary/aromatic N) is 3. The number of rotatable bonds is 9. The van der Waals surface area contributed by atoms with Crippen molar-refractivity contribution in [3.8, 4) is 0 Å². The quantitative estimate of drug-likeness (QED) is 0.426. The third-order valence-electron chi connectivity index (χ3n) is 5.05. The third kappa shape index (κ3) is 12.0. The summed E-state index contributed by atoms with van der Waals surface area (Å²) in [6.07, 6.45) is 2.57. The van der Waals surface area contributed by atoms with Crippen molar-refractivity contribution in [3.05, 3.63) is 63.0 Å². The second kappa shape index (κ2) is 18.0. The average Bonchev–Trinajstić information content (AvgIpc) is 3.44.